The predicted molar refractivity (Wildman–Crippen MR) is 118 cm³/mol. The van der Waals surface area contributed by atoms with Gasteiger partial charge in [0.05, 0.1) is 19.3 Å². The molecule has 0 atom stereocenters. The molecule has 0 bridgehead atoms. The number of allylic oxidation sites excluding steroid dienone is 1. The molecule has 154 valence electrons. The quantitative estimate of drug-likeness (QED) is 0.446. The van der Waals surface area contributed by atoms with Gasteiger partial charge in [-0.05, 0) is 43.3 Å². The molecule has 1 heterocycles. The zero-order valence-electron chi connectivity index (χ0n) is 17.2. The number of ketones is 1. The fourth-order valence-corrected chi connectivity index (χ4v) is 2.89. The van der Waals surface area contributed by atoms with E-state index in [-0.39, 0.29) is 11.7 Å². The average Bonchev–Trinajstić information content (AvgIpc) is 2.78. The number of nitrogen functional groups attached to an aromatic ring is 1. The summed E-state index contributed by atoms with van der Waals surface area (Å²) < 4.78 is 10.9. The highest BCUT2D eigenvalue weighted by molar-refractivity contribution is 6.07. The van der Waals surface area contributed by atoms with Crippen molar-refractivity contribution < 1.29 is 14.3 Å². The summed E-state index contributed by atoms with van der Waals surface area (Å²) in [6.45, 7) is 2.25. The summed E-state index contributed by atoms with van der Waals surface area (Å²) in [5.74, 6) is 1.54. The van der Waals surface area contributed by atoms with E-state index in [2.05, 4.69) is 9.97 Å². The number of carbonyl (C=O) groups excluding carboxylic acids is 1. The standard InChI is InChI=1S/C23H24N4O3/c1-4-30-22-19(14-15-20(28)16-8-6-5-7-9-16)21(25-23(24)26-22)27(2)17-10-12-18(29-3)13-11-17/h5-15H,4H2,1-3H3,(H2,24,25,26). The van der Waals surface area contributed by atoms with Crippen LogP contribution in [-0.4, -0.2) is 36.5 Å². The number of nitrogens with zero attached hydrogens (tertiary/aromatic N) is 3. The maximum atomic E-state index is 12.6. The summed E-state index contributed by atoms with van der Waals surface area (Å²) >= 11 is 0. The average molecular weight is 404 g/mol. The third-order valence-electron chi connectivity index (χ3n) is 4.43. The molecule has 3 rings (SSSR count). The second-order valence-corrected chi connectivity index (χ2v) is 6.38. The normalized spacial score (nSPS) is 10.8. The van der Waals surface area contributed by atoms with E-state index < -0.39 is 0 Å². The van der Waals surface area contributed by atoms with E-state index in [4.69, 9.17) is 15.2 Å². The van der Waals surface area contributed by atoms with Gasteiger partial charge in [0.15, 0.2) is 5.78 Å². The lowest BCUT2D eigenvalue weighted by molar-refractivity contribution is 0.104. The third kappa shape index (κ3) is 4.75. The highest BCUT2D eigenvalue weighted by atomic mass is 16.5. The lowest BCUT2D eigenvalue weighted by Gasteiger charge is -2.22. The third-order valence-corrected chi connectivity index (χ3v) is 4.43. The van der Waals surface area contributed by atoms with Crippen LogP contribution in [0.5, 0.6) is 11.6 Å². The van der Waals surface area contributed by atoms with E-state index in [1.54, 1.807) is 25.3 Å². The molecule has 2 N–H and O–H groups in total. The van der Waals surface area contributed by atoms with Crippen LogP contribution in [0.15, 0.2) is 60.7 Å². The van der Waals surface area contributed by atoms with E-state index in [0.717, 1.165) is 11.4 Å². The second-order valence-electron chi connectivity index (χ2n) is 6.38. The zero-order chi connectivity index (χ0) is 21.5. The number of aromatic nitrogens is 2. The molecule has 0 amide bonds. The molecule has 0 unspecified atom stereocenters. The number of hydrogen-bond donors (Lipinski definition) is 1. The van der Waals surface area contributed by atoms with Gasteiger partial charge in [-0.25, -0.2) is 0 Å². The van der Waals surface area contributed by atoms with Gasteiger partial charge in [0.25, 0.3) is 0 Å². The first-order valence-corrected chi connectivity index (χ1v) is 9.49. The highest BCUT2D eigenvalue weighted by Gasteiger charge is 2.18. The molecule has 0 aliphatic rings. The molecule has 0 spiro atoms. The zero-order valence-corrected chi connectivity index (χ0v) is 17.2. The van der Waals surface area contributed by atoms with Crippen LogP contribution in [0.2, 0.25) is 0 Å². The molecule has 0 fully saturated rings. The summed E-state index contributed by atoms with van der Waals surface area (Å²) in [6.07, 6.45) is 3.15. The van der Waals surface area contributed by atoms with Crippen molar-refractivity contribution in [1.29, 1.82) is 0 Å². The van der Waals surface area contributed by atoms with Crippen molar-refractivity contribution >= 4 is 29.3 Å². The number of nitrogens with two attached hydrogens (primary N) is 1. The molecule has 0 aliphatic heterocycles. The summed E-state index contributed by atoms with van der Waals surface area (Å²) in [7, 11) is 3.47. The smallest absolute Gasteiger partial charge is 0.227 e. The lowest BCUT2D eigenvalue weighted by Crippen LogP contribution is -2.16. The van der Waals surface area contributed by atoms with Crippen LogP contribution in [0.25, 0.3) is 6.08 Å². The minimum absolute atomic E-state index is 0.0837. The van der Waals surface area contributed by atoms with Crippen LogP contribution in [0.4, 0.5) is 17.5 Å². The lowest BCUT2D eigenvalue weighted by atomic mass is 10.1. The minimum Gasteiger partial charge on any atom is -0.497 e. The van der Waals surface area contributed by atoms with Crippen LogP contribution in [0, 0.1) is 0 Å². The van der Waals surface area contributed by atoms with Gasteiger partial charge in [-0.2, -0.15) is 9.97 Å². The molecule has 0 aliphatic carbocycles. The van der Waals surface area contributed by atoms with Crippen molar-refractivity contribution in [3.63, 3.8) is 0 Å². The van der Waals surface area contributed by atoms with Gasteiger partial charge in [-0.15, -0.1) is 0 Å². The Morgan fingerprint density at radius 3 is 2.43 bits per heavy atom. The number of ether oxygens (including phenoxy) is 2. The van der Waals surface area contributed by atoms with Crippen LogP contribution in [-0.2, 0) is 0 Å². The highest BCUT2D eigenvalue weighted by Crippen LogP contribution is 2.33. The maximum Gasteiger partial charge on any atom is 0.227 e. The van der Waals surface area contributed by atoms with Gasteiger partial charge in [-0.3, -0.25) is 4.79 Å². The van der Waals surface area contributed by atoms with Crippen molar-refractivity contribution in [2.75, 3.05) is 31.4 Å². The number of anilines is 3. The monoisotopic (exact) mass is 404 g/mol. The van der Waals surface area contributed by atoms with Gasteiger partial charge < -0.3 is 20.1 Å². The topological polar surface area (TPSA) is 90.6 Å². The molecule has 2 aromatic carbocycles. The second kappa shape index (κ2) is 9.56. The van der Waals surface area contributed by atoms with Crippen molar-refractivity contribution in [1.82, 2.24) is 9.97 Å². The summed E-state index contributed by atoms with van der Waals surface area (Å²) in [5.41, 5.74) is 7.94. The summed E-state index contributed by atoms with van der Waals surface area (Å²) in [4.78, 5) is 23.0. The Hall–Kier alpha value is -3.87. The number of hydrogen-bond acceptors (Lipinski definition) is 7. The maximum absolute atomic E-state index is 12.6. The Balaban J connectivity index is 2.03. The molecule has 0 saturated heterocycles. The summed E-state index contributed by atoms with van der Waals surface area (Å²) in [6, 6.07) is 16.6. The molecule has 7 heteroatoms. The van der Waals surface area contributed by atoms with Gasteiger partial charge in [-0.1, -0.05) is 30.3 Å². The Bertz CT molecular complexity index is 1030. The van der Waals surface area contributed by atoms with Crippen LogP contribution >= 0.6 is 0 Å². The van der Waals surface area contributed by atoms with E-state index >= 15 is 0 Å². The van der Waals surface area contributed by atoms with Crippen LogP contribution in [0.3, 0.4) is 0 Å². The van der Waals surface area contributed by atoms with Gasteiger partial charge in [0.2, 0.25) is 11.8 Å². The van der Waals surface area contributed by atoms with Gasteiger partial charge in [0.1, 0.15) is 11.6 Å². The van der Waals surface area contributed by atoms with Crippen molar-refractivity contribution in [3.05, 3.63) is 71.8 Å². The van der Waals surface area contributed by atoms with Gasteiger partial charge >= 0.3 is 0 Å². The van der Waals surface area contributed by atoms with E-state index in [1.807, 2.05) is 61.3 Å². The van der Waals surface area contributed by atoms with Crippen molar-refractivity contribution in [2.45, 2.75) is 6.92 Å². The fourth-order valence-electron chi connectivity index (χ4n) is 2.89. The Morgan fingerprint density at radius 2 is 1.80 bits per heavy atom. The molecule has 7 nitrogen and oxygen atoms in total. The number of rotatable bonds is 8. The first-order valence-electron chi connectivity index (χ1n) is 9.49. The van der Waals surface area contributed by atoms with Crippen molar-refractivity contribution in [2.24, 2.45) is 0 Å². The summed E-state index contributed by atoms with van der Waals surface area (Å²) in [5, 5.41) is 0. The molecular weight excluding hydrogens is 380 g/mol. The van der Waals surface area contributed by atoms with E-state index in [1.165, 1.54) is 6.08 Å². The minimum atomic E-state index is -0.132. The van der Waals surface area contributed by atoms with E-state index in [9.17, 15) is 4.79 Å². The van der Waals surface area contributed by atoms with Crippen molar-refractivity contribution in [3.8, 4) is 11.6 Å². The molecule has 30 heavy (non-hydrogen) atoms. The fraction of sp³-hybridized carbons (Fsp3) is 0.174. The Morgan fingerprint density at radius 1 is 1.10 bits per heavy atom. The molecular formula is C23H24N4O3. The van der Waals surface area contributed by atoms with E-state index in [0.29, 0.717) is 29.4 Å². The first kappa shape index (κ1) is 20.9. The predicted octanol–water partition coefficient (Wildman–Crippen LogP) is 4.13. The SMILES string of the molecule is CCOc1nc(N)nc(N(C)c2ccc(OC)cc2)c1C=CC(=O)c1ccccc1. The number of methoxy groups -OCH3 is 1. The first-order chi connectivity index (χ1) is 14.5. The Labute approximate surface area is 175 Å². The van der Waals surface area contributed by atoms with Crippen LogP contribution < -0.4 is 20.1 Å². The van der Waals surface area contributed by atoms with Gasteiger partial charge in [0, 0.05) is 18.3 Å². The Kier molecular flexibility index (Phi) is 6.64. The van der Waals surface area contributed by atoms with Crippen LogP contribution in [0.1, 0.15) is 22.8 Å². The number of benzene rings is 2. The molecule has 0 radical (unpaired) electrons. The number of carbonyl (C=O) groups is 1. The molecule has 3 aromatic rings. The molecule has 1 aromatic heterocycles. The largest absolute Gasteiger partial charge is 0.497 e. The molecule has 0 saturated carbocycles.